The lowest BCUT2D eigenvalue weighted by Crippen LogP contribution is -2.61. The van der Waals surface area contributed by atoms with Gasteiger partial charge in [0.15, 0.2) is 0 Å². The van der Waals surface area contributed by atoms with Gasteiger partial charge in [-0.15, -0.1) is 0 Å². The molecule has 7 rings (SSSR count). The van der Waals surface area contributed by atoms with Crippen LogP contribution in [0.4, 0.5) is 0 Å². The Hall–Kier alpha value is -3.06. The lowest BCUT2D eigenvalue weighted by atomic mass is 9.79. The highest BCUT2D eigenvalue weighted by Gasteiger charge is 2.52. The van der Waals surface area contributed by atoms with Crippen molar-refractivity contribution >= 4 is 23.2 Å². The molecule has 0 spiro atoms. The van der Waals surface area contributed by atoms with Crippen LogP contribution >= 0.6 is 23.2 Å². The third-order valence-corrected chi connectivity index (χ3v) is 12.8. The van der Waals surface area contributed by atoms with E-state index in [9.17, 15) is 30.6 Å². The zero-order valence-electron chi connectivity index (χ0n) is 33.9. The first kappa shape index (κ1) is 44.5. The average molecular weight is 838 g/mol. The zero-order valence-corrected chi connectivity index (χ0v) is 35.4. The summed E-state index contributed by atoms with van der Waals surface area (Å²) in [6.45, 7) is 9.80. The second-order valence-electron chi connectivity index (χ2n) is 16.5. The Bertz CT molecular complexity index is 1960. The monoisotopic (exact) mass is 836 g/mol. The number of ether oxygens (including phenoxy) is 3. The lowest BCUT2D eigenvalue weighted by Gasteiger charge is -2.48. The first-order valence-electron chi connectivity index (χ1n) is 20.4. The fourth-order valence-corrected chi connectivity index (χ4v) is 8.50. The Morgan fingerprint density at radius 2 is 1.03 bits per heavy atom. The number of benzene rings is 4. The molecule has 2 aliphatic heterocycles. The summed E-state index contributed by atoms with van der Waals surface area (Å²) in [4.78, 5) is 0. The number of hydrogen-bond donors (Lipinski definition) is 6. The molecule has 2 saturated heterocycles. The van der Waals surface area contributed by atoms with Crippen molar-refractivity contribution in [3.8, 4) is 5.75 Å². The van der Waals surface area contributed by atoms with Crippen LogP contribution in [0.5, 0.6) is 5.75 Å². The molecule has 0 bridgehead atoms. The maximum Gasteiger partial charge on any atom is 0.119 e. The standard InChI is InChI=1S/C24H31ClO5.C23H27ClO4/c1-4-24(5-2)23(28)21(27)20(26)22(30-24)16-9-12-19(25)17(14-16)13-15-7-10-18(11-8-15)29-6-3;1-23(2)22(27)20(26)19(25)21(28-23)16-9-10-18(24)17(12-16)11-13-3-5-14(6-4-13)15-7-8-15/h7-12,14,20-23,26-28H,4-6,13H2,1-3H3;3-6,9-10,12,15,19-22,25-27H,7-8,11H2,1-2H3/t20-,21-,22+,23+;19-,20-,21+,22+/m11/s1. The summed E-state index contributed by atoms with van der Waals surface area (Å²) in [6.07, 6.45) is -3.88. The molecule has 58 heavy (non-hydrogen) atoms. The molecule has 4 aromatic carbocycles. The van der Waals surface area contributed by atoms with Gasteiger partial charge < -0.3 is 44.8 Å². The third-order valence-electron chi connectivity index (χ3n) is 12.1. The van der Waals surface area contributed by atoms with Crippen LogP contribution in [0.25, 0.3) is 0 Å². The molecule has 3 aliphatic rings. The van der Waals surface area contributed by atoms with E-state index in [0.717, 1.165) is 39.5 Å². The second-order valence-corrected chi connectivity index (χ2v) is 17.3. The quantitative estimate of drug-likeness (QED) is 0.0891. The van der Waals surface area contributed by atoms with E-state index in [1.54, 1.807) is 38.1 Å². The third kappa shape index (κ3) is 9.76. The van der Waals surface area contributed by atoms with Gasteiger partial charge in [-0.25, -0.2) is 0 Å². The Morgan fingerprint density at radius 1 is 0.586 bits per heavy atom. The molecular formula is C47H58Cl2O9. The molecule has 1 saturated carbocycles. The van der Waals surface area contributed by atoms with E-state index in [1.165, 1.54) is 24.0 Å². The van der Waals surface area contributed by atoms with Crippen molar-refractivity contribution in [2.24, 2.45) is 0 Å². The maximum atomic E-state index is 10.6. The topological polar surface area (TPSA) is 149 Å². The molecule has 2 heterocycles. The molecule has 9 nitrogen and oxygen atoms in total. The molecule has 0 amide bonds. The van der Waals surface area contributed by atoms with Crippen molar-refractivity contribution in [3.63, 3.8) is 0 Å². The molecule has 4 aromatic rings. The van der Waals surface area contributed by atoms with Crippen LogP contribution in [-0.2, 0) is 22.3 Å². The number of hydrogen-bond acceptors (Lipinski definition) is 9. The molecular weight excluding hydrogens is 779 g/mol. The first-order valence-corrected chi connectivity index (χ1v) is 21.2. The molecule has 1 aliphatic carbocycles. The van der Waals surface area contributed by atoms with Gasteiger partial charge in [0.05, 0.1) is 17.8 Å². The van der Waals surface area contributed by atoms with Crippen molar-refractivity contribution in [1.29, 1.82) is 0 Å². The Kier molecular flexibility index (Phi) is 14.3. The largest absolute Gasteiger partial charge is 0.494 e. The van der Waals surface area contributed by atoms with E-state index in [2.05, 4.69) is 24.3 Å². The van der Waals surface area contributed by atoms with Crippen LogP contribution in [0.15, 0.2) is 84.9 Å². The average Bonchev–Trinajstić information content (AvgIpc) is 4.07. The van der Waals surface area contributed by atoms with Gasteiger partial charge in [0.1, 0.15) is 54.6 Å². The summed E-state index contributed by atoms with van der Waals surface area (Å²) in [6, 6.07) is 27.6. The van der Waals surface area contributed by atoms with Crippen molar-refractivity contribution in [2.45, 2.75) is 139 Å². The van der Waals surface area contributed by atoms with Gasteiger partial charge in [-0.2, -0.15) is 0 Å². The van der Waals surface area contributed by atoms with Crippen LogP contribution in [0.3, 0.4) is 0 Å². The van der Waals surface area contributed by atoms with Gasteiger partial charge in [-0.1, -0.05) is 97.7 Å². The van der Waals surface area contributed by atoms with E-state index in [-0.39, 0.29) is 0 Å². The fraction of sp³-hybridized carbons (Fsp3) is 0.489. The fourth-order valence-electron chi connectivity index (χ4n) is 8.13. The molecule has 0 aromatic heterocycles. The van der Waals surface area contributed by atoms with Crippen LogP contribution in [0.1, 0.15) is 117 Å². The molecule has 0 radical (unpaired) electrons. The maximum absolute atomic E-state index is 10.6. The van der Waals surface area contributed by atoms with Crippen LogP contribution < -0.4 is 4.74 Å². The highest BCUT2D eigenvalue weighted by Crippen LogP contribution is 2.43. The number of rotatable bonds is 11. The van der Waals surface area contributed by atoms with Gasteiger partial charge in [-0.05, 0) is 128 Å². The summed E-state index contributed by atoms with van der Waals surface area (Å²) in [5.74, 6) is 1.55. The van der Waals surface area contributed by atoms with Crippen LogP contribution in [0.2, 0.25) is 10.0 Å². The molecule has 11 heteroatoms. The number of aliphatic hydroxyl groups excluding tert-OH is 6. The van der Waals surface area contributed by atoms with E-state index in [4.69, 9.17) is 37.4 Å². The van der Waals surface area contributed by atoms with E-state index in [1.807, 2.05) is 57.2 Å². The van der Waals surface area contributed by atoms with E-state index < -0.39 is 60.0 Å². The minimum absolute atomic E-state index is 0.525. The van der Waals surface area contributed by atoms with Gasteiger partial charge in [0, 0.05) is 10.0 Å². The van der Waals surface area contributed by atoms with Gasteiger partial charge >= 0.3 is 0 Å². The Balaban J connectivity index is 0.000000196. The predicted octanol–water partition coefficient (Wildman–Crippen LogP) is 7.78. The summed E-state index contributed by atoms with van der Waals surface area (Å²) in [5.41, 5.74) is 5.07. The second kappa shape index (κ2) is 18.7. The molecule has 3 fully saturated rings. The van der Waals surface area contributed by atoms with Crippen molar-refractivity contribution in [2.75, 3.05) is 6.61 Å². The minimum atomic E-state index is -1.28. The Morgan fingerprint density at radius 3 is 1.50 bits per heavy atom. The summed E-state index contributed by atoms with van der Waals surface area (Å²) in [5, 5.41) is 63.8. The highest BCUT2D eigenvalue weighted by molar-refractivity contribution is 6.31. The normalized spacial score (nSPS) is 27.7. The molecule has 314 valence electrons. The SMILES string of the molecule is CC1(C)O[C@@H](c2ccc(Cl)c(Cc3ccc(C4CC4)cc3)c2)[C@H](O)[C@@H](O)[C@@H]1O.CCOc1ccc(Cc2cc([C@@H]3OC(CC)(CC)[C@@H](O)[C@H](O)[C@H]3O)ccc2Cl)cc1. The molecule has 8 atom stereocenters. The van der Waals surface area contributed by atoms with Gasteiger partial charge in [-0.3, -0.25) is 0 Å². The minimum Gasteiger partial charge on any atom is -0.494 e. The summed E-state index contributed by atoms with van der Waals surface area (Å²) >= 11 is 12.9. The first-order chi connectivity index (χ1) is 27.6. The highest BCUT2D eigenvalue weighted by atomic mass is 35.5. The number of halogens is 2. The zero-order chi connectivity index (χ0) is 41.9. The predicted molar refractivity (Wildman–Crippen MR) is 226 cm³/mol. The van der Waals surface area contributed by atoms with Crippen LogP contribution in [0, 0.1) is 0 Å². The molecule has 6 N–H and O–H groups in total. The van der Waals surface area contributed by atoms with Crippen molar-refractivity contribution in [3.05, 3.63) is 134 Å². The van der Waals surface area contributed by atoms with E-state index >= 15 is 0 Å². The molecule has 0 unspecified atom stereocenters. The van der Waals surface area contributed by atoms with Crippen LogP contribution in [-0.4, -0.2) is 85.1 Å². The Labute approximate surface area is 352 Å². The summed E-state index contributed by atoms with van der Waals surface area (Å²) in [7, 11) is 0. The smallest absolute Gasteiger partial charge is 0.119 e. The van der Waals surface area contributed by atoms with E-state index in [0.29, 0.717) is 42.3 Å². The summed E-state index contributed by atoms with van der Waals surface area (Å²) < 4.78 is 17.7. The van der Waals surface area contributed by atoms with Gasteiger partial charge in [0.2, 0.25) is 0 Å². The van der Waals surface area contributed by atoms with Crippen molar-refractivity contribution < 1.29 is 44.8 Å². The van der Waals surface area contributed by atoms with Gasteiger partial charge in [0.25, 0.3) is 0 Å². The lowest BCUT2D eigenvalue weighted by molar-refractivity contribution is -0.273. The van der Waals surface area contributed by atoms with Crippen molar-refractivity contribution in [1.82, 2.24) is 0 Å². The number of aliphatic hydroxyl groups is 6.